The maximum Gasteiger partial charge on any atom is 0.263 e. The lowest BCUT2D eigenvalue weighted by molar-refractivity contribution is -0.117. The van der Waals surface area contributed by atoms with E-state index in [4.69, 9.17) is 0 Å². The van der Waals surface area contributed by atoms with Gasteiger partial charge in [0.15, 0.2) is 0 Å². The lowest BCUT2D eigenvalue weighted by Gasteiger charge is -2.20. The number of fused-ring (bicyclic) bond motifs is 1. The molecule has 7 nitrogen and oxygen atoms in total. The summed E-state index contributed by atoms with van der Waals surface area (Å²) in [6, 6.07) is 13.0. The van der Waals surface area contributed by atoms with Gasteiger partial charge in [-0.2, -0.15) is 0 Å². The van der Waals surface area contributed by atoms with Gasteiger partial charge in [-0.15, -0.1) is 11.3 Å². The highest BCUT2D eigenvalue weighted by atomic mass is 32.1. The van der Waals surface area contributed by atoms with Crippen molar-refractivity contribution in [1.82, 2.24) is 9.55 Å². The second-order valence-corrected chi connectivity index (χ2v) is 8.59. The largest absolute Gasteiger partial charge is 0.323 e. The van der Waals surface area contributed by atoms with Crippen LogP contribution in [0.5, 0.6) is 0 Å². The molecular formula is C24H19FN4O3S. The van der Waals surface area contributed by atoms with Gasteiger partial charge in [0.25, 0.3) is 5.56 Å². The van der Waals surface area contributed by atoms with Gasteiger partial charge in [0, 0.05) is 23.9 Å². The summed E-state index contributed by atoms with van der Waals surface area (Å²) >= 11 is 1.32. The third kappa shape index (κ3) is 4.03. The van der Waals surface area contributed by atoms with E-state index in [0.717, 1.165) is 6.42 Å². The van der Waals surface area contributed by atoms with E-state index in [1.54, 1.807) is 40.6 Å². The molecule has 33 heavy (non-hydrogen) atoms. The van der Waals surface area contributed by atoms with Crippen molar-refractivity contribution in [2.75, 3.05) is 16.8 Å². The molecule has 166 valence electrons. The standard InChI is InChI=1S/C24H19FN4O3S/c25-16-9-7-15(8-10-16)17-13-33-23-22(17)24(32)28(14-26-23)12-20(30)27-18-4-1-2-5-19(18)29-11-3-6-21(29)31/h1-2,4-5,7-10,13-14H,3,6,11-12H2,(H,27,30). The first kappa shape index (κ1) is 21.0. The van der Waals surface area contributed by atoms with Crippen molar-refractivity contribution in [3.8, 4) is 11.1 Å². The van der Waals surface area contributed by atoms with Crippen molar-refractivity contribution < 1.29 is 14.0 Å². The van der Waals surface area contributed by atoms with E-state index in [1.165, 1.54) is 34.4 Å². The van der Waals surface area contributed by atoms with Crippen molar-refractivity contribution in [1.29, 1.82) is 0 Å². The number of nitrogens with zero attached hydrogens (tertiary/aromatic N) is 3. The van der Waals surface area contributed by atoms with Crippen molar-refractivity contribution in [3.05, 3.63) is 76.4 Å². The van der Waals surface area contributed by atoms with Crippen LogP contribution >= 0.6 is 11.3 Å². The maximum atomic E-state index is 13.3. The molecule has 1 N–H and O–H groups in total. The molecule has 0 spiro atoms. The topological polar surface area (TPSA) is 84.3 Å². The highest BCUT2D eigenvalue weighted by Crippen LogP contribution is 2.31. The quantitative estimate of drug-likeness (QED) is 0.485. The molecule has 5 rings (SSSR count). The molecule has 0 saturated carbocycles. The van der Waals surface area contributed by atoms with Crippen molar-refractivity contribution in [2.24, 2.45) is 0 Å². The number of hydrogen-bond acceptors (Lipinski definition) is 5. The van der Waals surface area contributed by atoms with Gasteiger partial charge >= 0.3 is 0 Å². The Labute approximate surface area is 192 Å². The molecule has 2 amide bonds. The molecule has 1 saturated heterocycles. The molecule has 3 heterocycles. The molecule has 2 aromatic carbocycles. The molecule has 1 fully saturated rings. The van der Waals surface area contributed by atoms with E-state index in [0.29, 0.717) is 45.7 Å². The number of para-hydroxylation sites is 2. The van der Waals surface area contributed by atoms with Gasteiger partial charge in [-0.3, -0.25) is 19.0 Å². The van der Waals surface area contributed by atoms with Crippen LogP contribution in [0.1, 0.15) is 12.8 Å². The molecule has 4 aromatic rings. The summed E-state index contributed by atoms with van der Waals surface area (Å²) in [6.45, 7) is 0.374. The summed E-state index contributed by atoms with van der Waals surface area (Å²) in [4.78, 5) is 44.7. The van der Waals surface area contributed by atoms with E-state index < -0.39 is 5.91 Å². The molecule has 0 aliphatic carbocycles. The van der Waals surface area contributed by atoms with Gasteiger partial charge in [-0.05, 0) is 36.2 Å². The molecule has 0 radical (unpaired) electrons. The van der Waals surface area contributed by atoms with Crippen LogP contribution in [-0.2, 0) is 16.1 Å². The highest BCUT2D eigenvalue weighted by molar-refractivity contribution is 7.17. The molecule has 1 aliphatic heterocycles. The number of nitrogens with one attached hydrogen (secondary N) is 1. The molecule has 9 heteroatoms. The Hall–Kier alpha value is -3.85. The third-order valence-corrected chi connectivity index (χ3v) is 6.46. The summed E-state index contributed by atoms with van der Waals surface area (Å²) < 4.78 is 14.6. The number of carbonyl (C=O) groups is 2. The predicted octanol–water partition coefficient (Wildman–Crippen LogP) is 4.03. The zero-order valence-corrected chi connectivity index (χ0v) is 18.3. The number of carbonyl (C=O) groups excluding carboxylic acids is 2. The molecular weight excluding hydrogens is 443 g/mol. The Morgan fingerprint density at radius 1 is 1.12 bits per heavy atom. The zero-order chi connectivity index (χ0) is 22.9. The minimum absolute atomic E-state index is 0.0216. The monoisotopic (exact) mass is 462 g/mol. The van der Waals surface area contributed by atoms with Crippen LogP contribution in [0.3, 0.4) is 0 Å². The minimum Gasteiger partial charge on any atom is -0.323 e. The summed E-state index contributed by atoms with van der Waals surface area (Å²) in [5.41, 5.74) is 2.17. The molecule has 2 aromatic heterocycles. The Balaban J connectivity index is 1.42. The second-order valence-electron chi connectivity index (χ2n) is 7.73. The van der Waals surface area contributed by atoms with Gasteiger partial charge < -0.3 is 10.2 Å². The SMILES string of the molecule is O=C(Cn1cnc2scc(-c3ccc(F)cc3)c2c1=O)Nc1ccccc1N1CCCC1=O. The Kier molecular flexibility index (Phi) is 5.47. The van der Waals surface area contributed by atoms with Crippen LogP contribution in [0.2, 0.25) is 0 Å². The van der Waals surface area contributed by atoms with Crippen molar-refractivity contribution in [2.45, 2.75) is 19.4 Å². The fourth-order valence-electron chi connectivity index (χ4n) is 3.98. The van der Waals surface area contributed by atoms with E-state index in [9.17, 15) is 18.8 Å². The van der Waals surface area contributed by atoms with Crippen molar-refractivity contribution >= 4 is 44.7 Å². The zero-order valence-electron chi connectivity index (χ0n) is 17.5. The average molecular weight is 463 g/mol. The minimum atomic E-state index is -0.407. The van der Waals surface area contributed by atoms with Crippen LogP contribution in [-0.4, -0.2) is 27.9 Å². The summed E-state index contributed by atoms with van der Waals surface area (Å²) in [5.74, 6) is -0.745. The fourth-order valence-corrected chi connectivity index (χ4v) is 4.89. The third-order valence-electron chi connectivity index (χ3n) is 5.57. The first-order valence-electron chi connectivity index (χ1n) is 10.4. The Bertz CT molecular complexity index is 1430. The number of rotatable bonds is 5. The lowest BCUT2D eigenvalue weighted by atomic mass is 10.1. The van der Waals surface area contributed by atoms with Gasteiger partial charge in [0.05, 0.1) is 23.1 Å². The highest BCUT2D eigenvalue weighted by Gasteiger charge is 2.24. The fraction of sp³-hybridized carbons (Fsp3) is 0.167. The number of amides is 2. The van der Waals surface area contributed by atoms with Gasteiger partial charge in [-0.1, -0.05) is 24.3 Å². The predicted molar refractivity (Wildman–Crippen MR) is 126 cm³/mol. The molecule has 0 unspecified atom stereocenters. The van der Waals surface area contributed by atoms with Crippen LogP contribution < -0.4 is 15.8 Å². The van der Waals surface area contributed by atoms with E-state index in [1.807, 2.05) is 6.07 Å². The summed E-state index contributed by atoms with van der Waals surface area (Å²) in [7, 11) is 0. The average Bonchev–Trinajstić information content (AvgIpc) is 3.43. The summed E-state index contributed by atoms with van der Waals surface area (Å²) in [5, 5.41) is 5.02. The van der Waals surface area contributed by atoms with Gasteiger partial charge in [0.2, 0.25) is 11.8 Å². The smallest absolute Gasteiger partial charge is 0.263 e. The first-order valence-corrected chi connectivity index (χ1v) is 11.3. The van der Waals surface area contributed by atoms with Crippen LogP contribution in [0.25, 0.3) is 21.3 Å². The number of thiophene rings is 1. The van der Waals surface area contributed by atoms with Crippen molar-refractivity contribution in [3.63, 3.8) is 0 Å². The lowest BCUT2D eigenvalue weighted by Crippen LogP contribution is -2.29. The Morgan fingerprint density at radius 3 is 2.67 bits per heavy atom. The number of hydrogen-bond donors (Lipinski definition) is 1. The second kappa shape index (κ2) is 8.59. The van der Waals surface area contributed by atoms with Gasteiger partial charge in [0.1, 0.15) is 17.2 Å². The molecule has 0 atom stereocenters. The number of halogens is 1. The van der Waals surface area contributed by atoms with E-state index >= 15 is 0 Å². The number of anilines is 2. The van der Waals surface area contributed by atoms with Crippen LogP contribution in [0, 0.1) is 5.82 Å². The number of aromatic nitrogens is 2. The van der Waals surface area contributed by atoms with E-state index in [2.05, 4.69) is 10.3 Å². The Morgan fingerprint density at radius 2 is 1.91 bits per heavy atom. The van der Waals surface area contributed by atoms with Crippen LogP contribution in [0.15, 0.2) is 65.0 Å². The summed E-state index contributed by atoms with van der Waals surface area (Å²) in [6.07, 6.45) is 2.62. The molecule has 1 aliphatic rings. The van der Waals surface area contributed by atoms with E-state index in [-0.39, 0.29) is 23.8 Å². The first-order chi connectivity index (χ1) is 16.0. The van der Waals surface area contributed by atoms with Gasteiger partial charge in [-0.25, -0.2) is 9.37 Å². The van der Waals surface area contributed by atoms with Crippen LogP contribution in [0.4, 0.5) is 15.8 Å². The normalized spacial score (nSPS) is 13.6. The molecule has 0 bridgehead atoms. The number of benzene rings is 2. The maximum absolute atomic E-state index is 13.3.